The first kappa shape index (κ1) is 13.7. The van der Waals surface area contributed by atoms with Gasteiger partial charge in [-0.25, -0.2) is 4.52 Å². The minimum Gasteiger partial charge on any atom is -0.376 e. The second-order valence-corrected chi connectivity index (χ2v) is 6.88. The van der Waals surface area contributed by atoms with Gasteiger partial charge in [-0.05, 0) is 12.8 Å². The molecule has 2 atom stereocenters. The van der Waals surface area contributed by atoms with Gasteiger partial charge < -0.3 is 9.64 Å². The van der Waals surface area contributed by atoms with Crippen molar-refractivity contribution in [1.29, 1.82) is 0 Å². The van der Waals surface area contributed by atoms with Gasteiger partial charge in [0.15, 0.2) is 0 Å². The van der Waals surface area contributed by atoms with Crippen LogP contribution in [0.2, 0.25) is 0 Å². The minimum absolute atomic E-state index is 0.0304. The normalized spacial score (nSPS) is 27.1. The Balaban J connectivity index is 1.65. The Labute approximate surface area is 129 Å². The highest BCUT2D eigenvalue weighted by Gasteiger charge is 2.53. The molecule has 2 aliphatic heterocycles. The number of aromatic nitrogens is 3. The molecule has 0 spiro atoms. The molecule has 2 fully saturated rings. The zero-order valence-electron chi connectivity index (χ0n) is 12.9. The molecule has 2 unspecified atom stereocenters. The first-order chi connectivity index (χ1) is 10.6. The maximum absolute atomic E-state index is 12.9. The summed E-state index contributed by atoms with van der Waals surface area (Å²) in [4.78, 5) is 19.0. The number of hydrogen-bond donors (Lipinski definition) is 0. The summed E-state index contributed by atoms with van der Waals surface area (Å²) in [5, 5.41) is 4.24. The molecule has 6 nitrogen and oxygen atoms in total. The summed E-state index contributed by atoms with van der Waals surface area (Å²) in [5.41, 5.74) is 1.47. The van der Waals surface area contributed by atoms with Crippen molar-refractivity contribution in [3.63, 3.8) is 0 Å². The highest BCUT2D eigenvalue weighted by molar-refractivity contribution is 6.01. The van der Waals surface area contributed by atoms with E-state index >= 15 is 0 Å². The van der Waals surface area contributed by atoms with Crippen LogP contribution in [0.4, 0.5) is 0 Å². The van der Waals surface area contributed by atoms with Gasteiger partial charge >= 0.3 is 0 Å². The lowest BCUT2D eigenvalue weighted by Gasteiger charge is -2.56. The van der Waals surface area contributed by atoms with Gasteiger partial charge in [-0.3, -0.25) is 9.78 Å². The summed E-state index contributed by atoms with van der Waals surface area (Å²) in [6.07, 6.45) is 9.02. The molecule has 6 heteroatoms. The van der Waals surface area contributed by atoms with Crippen molar-refractivity contribution in [2.24, 2.45) is 5.41 Å². The molecule has 0 aliphatic carbocycles. The lowest BCUT2D eigenvalue weighted by Crippen LogP contribution is -2.68. The summed E-state index contributed by atoms with van der Waals surface area (Å²) in [6, 6.07) is 0.147. The average molecular weight is 300 g/mol. The van der Waals surface area contributed by atoms with E-state index in [2.05, 4.69) is 23.9 Å². The van der Waals surface area contributed by atoms with Crippen molar-refractivity contribution in [3.05, 3.63) is 30.4 Å². The molecule has 116 valence electrons. The van der Waals surface area contributed by atoms with Crippen molar-refractivity contribution in [3.8, 4) is 0 Å². The monoisotopic (exact) mass is 300 g/mol. The number of amides is 1. The topological polar surface area (TPSA) is 59.7 Å². The Hall–Kier alpha value is -1.95. The molecular formula is C16H20N4O2. The smallest absolute Gasteiger partial charge is 0.258 e. The first-order valence-corrected chi connectivity index (χ1v) is 7.78. The molecule has 22 heavy (non-hydrogen) atoms. The van der Waals surface area contributed by atoms with Crippen molar-refractivity contribution in [2.75, 3.05) is 13.2 Å². The summed E-state index contributed by atoms with van der Waals surface area (Å²) in [5.74, 6) is 0.0304. The fourth-order valence-corrected chi connectivity index (χ4v) is 3.85. The summed E-state index contributed by atoms with van der Waals surface area (Å²) >= 11 is 0. The SMILES string of the molecule is CC1(C)CN(C(=O)c2cnn3ccncc23)C1C1CCCO1. The Morgan fingerprint density at radius 3 is 3.00 bits per heavy atom. The van der Waals surface area contributed by atoms with E-state index < -0.39 is 0 Å². The predicted molar refractivity (Wildman–Crippen MR) is 80.6 cm³/mol. The van der Waals surface area contributed by atoms with Gasteiger partial charge in [0.25, 0.3) is 5.91 Å². The van der Waals surface area contributed by atoms with Gasteiger partial charge in [0, 0.05) is 31.0 Å². The lowest BCUT2D eigenvalue weighted by molar-refractivity contribution is -0.0960. The molecule has 0 aromatic carbocycles. The maximum atomic E-state index is 12.9. The van der Waals surface area contributed by atoms with Crippen LogP contribution in [0.1, 0.15) is 37.0 Å². The molecule has 1 amide bonds. The molecule has 0 saturated carbocycles. The van der Waals surface area contributed by atoms with E-state index in [0.717, 1.165) is 31.5 Å². The third-order valence-electron chi connectivity index (χ3n) is 4.85. The minimum atomic E-state index is 0.0304. The fourth-order valence-electron chi connectivity index (χ4n) is 3.85. The van der Waals surface area contributed by atoms with Crippen LogP contribution in [-0.2, 0) is 4.74 Å². The Bertz CT molecular complexity index is 718. The van der Waals surface area contributed by atoms with E-state index in [1.807, 2.05) is 4.90 Å². The van der Waals surface area contributed by atoms with Crippen LogP contribution in [0, 0.1) is 5.41 Å². The van der Waals surface area contributed by atoms with Crippen LogP contribution in [0.15, 0.2) is 24.8 Å². The summed E-state index contributed by atoms with van der Waals surface area (Å²) in [7, 11) is 0. The molecule has 2 aliphatic rings. The van der Waals surface area contributed by atoms with Gasteiger partial charge in [-0.2, -0.15) is 5.10 Å². The zero-order valence-corrected chi connectivity index (χ0v) is 12.9. The summed E-state index contributed by atoms with van der Waals surface area (Å²) in [6.45, 7) is 5.98. The van der Waals surface area contributed by atoms with Crippen LogP contribution in [0.25, 0.3) is 5.52 Å². The number of fused-ring (bicyclic) bond motifs is 1. The number of ether oxygens (including phenoxy) is 1. The molecule has 4 rings (SSSR count). The van der Waals surface area contributed by atoms with E-state index in [1.165, 1.54) is 0 Å². The zero-order chi connectivity index (χ0) is 15.3. The molecule has 2 aromatic heterocycles. The molecule has 4 heterocycles. The molecule has 0 radical (unpaired) electrons. The van der Waals surface area contributed by atoms with Crippen LogP contribution >= 0.6 is 0 Å². The van der Waals surface area contributed by atoms with E-state index in [1.54, 1.807) is 29.3 Å². The van der Waals surface area contributed by atoms with Crippen LogP contribution in [-0.4, -0.2) is 50.7 Å². The van der Waals surface area contributed by atoms with E-state index in [4.69, 9.17) is 4.74 Å². The van der Waals surface area contributed by atoms with E-state index in [-0.39, 0.29) is 23.5 Å². The number of rotatable bonds is 2. The van der Waals surface area contributed by atoms with Gasteiger partial charge in [0.2, 0.25) is 0 Å². The Morgan fingerprint density at radius 1 is 1.41 bits per heavy atom. The molecule has 2 aromatic rings. The number of nitrogens with zero attached hydrogens (tertiary/aromatic N) is 4. The molecular weight excluding hydrogens is 280 g/mol. The Morgan fingerprint density at radius 2 is 2.27 bits per heavy atom. The maximum Gasteiger partial charge on any atom is 0.258 e. The van der Waals surface area contributed by atoms with Gasteiger partial charge in [-0.1, -0.05) is 13.8 Å². The third kappa shape index (κ3) is 1.94. The molecule has 0 bridgehead atoms. The fraction of sp³-hybridized carbons (Fsp3) is 0.562. The van der Waals surface area contributed by atoms with Crippen molar-refractivity contribution in [2.45, 2.75) is 38.8 Å². The highest BCUT2D eigenvalue weighted by Crippen LogP contribution is 2.43. The summed E-state index contributed by atoms with van der Waals surface area (Å²) < 4.78 is 7.54. The van der Waals surface area contributed by atoms with E-state index in [9.17, 15) is 4.79 Å². The largest absolute Gasteiger partial charge is 0.376 e. The second-order valence-electron chi connectivity index (χ2n) is 6.88. The predicted octanol–water partition coefficient (Wildman–Crippen LogP) is 1.76. The third-order valence-corrected chi connectivity index (χ3v) is 4.85. The number of likely N-dealkylation sites (tertiary alicyclic amines) is 1. The highest BCUT2D eigenvalue weighted by atomic mass is 16.5. The van der Waals surface area contributed by atoms with Crippen molar-refractivity contribution in [1.82, 2.24) is 19.5 Å². The van der Waals surface area contributed by atoms with E-state index in [0.29, 0.717) is 5.56 Å². The second kappa shape index (κ2) is 4.78. The van der Waals surface area contributed by atoms with Crippen LogP contribution in [0.3, 0.4) is 0 Å². The first-order valence-electron chi connectivity index (χ1n) is 7.78. The molecule has 0 N–H and O–H groups in total. The quantitative estimate of drug-likeness (QED) is 0.848. The van der Waals surface area contributed by atoms with Crippen molar-refractivity contribution >= 4 is 11.4 Å². The van der Waals surface area contributed by atoms with Crippen molar-refractivity contribution < 1.29 is 9.53 Å². The number of hydrogen-bond acceptors (Lipinski definition) is 4. The molecule has 2 saturated heterocycles. The van der Waals surface area contributed by atoms with Gasteiger partial charge in [0.1, 0.15) is 0 Å². The number of carbonyl (C=O) groups excluding carboxylic acids is 1. The van der Waals surface area contributed by atoms with Gasteiger partial charge in [0.05, 0.1) is 35.6 Å². The standard InChI is InChI=1S/C16H20N4O2/c1-16(2)10-19(14(16)13-4-3-7-22-13)15(21)11-8-18-20-6-5-17-9-12(11)20/h5-6,8-9,13-14H,3-4,7,10H2,1-2H3. The average Bonchev–Trinajstić information content (AvgIpc) is 3.13. The lowest BCUT2D eigenvalue weighted by atomic mass is 9.71. The van der Waals surface area contributed by atoms with Crippen LogP contribution < -0.4 is 0 Å². The number of carbonyl (C=O) groups is 1. The van der Waals surface area contributed by atoms with Gasteiger partial charge in [-0.15, -0.1) is 0 Å². The van der Waals surface area contributed by atoms with Crippen LogP contribution in [0.5, 0.6) is 0 Å². The Kier molecular flexibility index (Phi) is 2.97.